The molecule has 2 rings (SSSR count). The second-order valence-corrected chi connectivity index (χ2v) is 4.97. The lowest BCUT2D eigenvalue weighted by Crippen LogP contribution is -2.46. The van der Waals surface area contributed by atoms with E-state index in [1.165, 1.54) is 25.7 Å². The Morgan fingerprint density at radius 3 is 2.31 bits per heavy atom. The molecule has 0 aromatic heterocycles. The van der Waals surface area contributed by atoms with Gasteiger partial charge in [0.05, 0.1) is 6.07 Å². The minimum absolute atomic E-state index is 0.481. The average Bonchev–Trinajstić information content (AvgIpc) is 2.82. The number of carboxylic acid groups (broad SMARTS) is 1. The van der Waals surface area contributed by atoms with Crippen molar-refractivity contribution in [2.75, 3.05) is 13.1 Å². The largest absolute Gasteiger partial charge is 0.480 e. The fourth-order valence-corrected chi connectivity index (χ4v) is 2.91. The highest BCUT2D eigenvalue weighted by Gasteiger charge is 2.43. The van der Waals surface area contributed by atoms with Crippen molar-refractivity contribution in [2.45, 2.75) is 44.6 Å². The van der Waals surface area contributed by atoms with Gasteiger partial charge in [0.2, 0.25) is 0 Å². The van der Waals surface area contributed by atoms with E-state index in [1.807, 2.05) is 6.07 Å². The number of nitriles is 1. The molecule has 1 aliphatic heterocycles. The van der Waals surface area contributed by atoms with Crippen molar-refractivity contribution in [1.29, 1.82) is 5.26 Å². The van der Waals surface area contributed by atoms with Crippen molar-refractivity contribution < 1.29 is 9.90 Å². The number of piperidine rings is 1. The average molecular weight is 222 g/mol. The van der Waals surface area contributed by atoms with Crippen LogP contribution in [0.2, 0.25) is 0 Å². The van der Waals surface area contributed by atoms with E-state index >= 15 is 0 Å². The molecule has 4 nitrogen and oxygen atoms in total. The van der Waals surface area contributed by atoms with Crippen LogP contribution in [0.25, 0.3) is 0 Å². The van der Waals surface area contributed by atoms with Crippen LogP contribution in [0.1, 0.15) is 38.5 Å². The quantitative estimate of drug-likeness (QED) is 0.771. The Labute approximate surface area is 95.9 Å². The first-order valence-electron chi connectivity index (χ1n) is 6.07. The van der Waals surface area contributed by atoms with Crippen molar-refractivity contribution in [2.24, 2.45) is 5.41 Å². The van der Waals surface area contributed by atoms with E-state index in [0.717, 1.165) is 13.1 Å². The third-order valence-electron chi connectivity index (χ3n) is 4.12. The summed E-state index contributed by atoms with van der Waals surface area (Å²) in [5.41, 5.74) is -1.12. The summed E-state index contributed by atoms with van der Waals surface area (Å²) in [7, 11) is 0. The van der Waals surface area contributed by atoms with E-state index in [-0.39, 0.29) is 0 Å². The van der Waals surface area contributed by atoms with Crippen LogP contribution in [0.4, 0.5) is 0 Å². The molecule has 0 amide bonds. The number of carboxylic acids is 1. The zero-order valence-corrected chi connectivity index (χ0v) is 9.48. The molecule has 0 aromatic rings. The molecule has 1 aliphatic carbocycles. The standard InChI is InChI=1S/C12H18N2O2/c13-9-12(11(15)16)5-7-14(8-6-12)10-3-1-2-4-10/h10H,1-8H2,(H,15,16). The van der Waals surface area contributed by atoms with Gasteiger partial charge in [-0.1, -0.05) is 12.8 Å². The molecule has 0 bridgehead atoms. The van der Waals surface area contributed by atoms with Crippen molar-refractivity contribution in [3.63, 3.8) is 0 Å². The van der Waals surface area contributed by atoms with Gasteiger partial charge in [0.25, 0.3) is 0 Å². The highest BCUT2D eigenvalue weighted by molar-refractivity contribution is 5.78. The third-order valence-corrected chi connectivity index (χ3v) is 4.12. The number of aliphatic carboxylic acids is 1. The molecule has 16 heavy (non-hydrogen) atoms. The maximum Gasteiger partial charge on any atom is 0.324 e. The van der Waals surface area contributed by atoms with Crippen LogP contribution in [0.3, 0.4) is 0 Å². The second kappa shape index (κ2) is 4.42. The van der Waals surface area contributed by atoms with Crippen LogP contribution in [0.5, 0.6) is 0 Å². The number of carbonyl (C=O) groups is 1. The van der Waals surface area contributed by atoms with Gasteiger partial charge in [0, 0.05) is 19.1 Å². The monoisotopic (exact) mass is 222 g/mol. The van der Waals surface area contributed by atoms with Crippen molar-refractivity contribution >= 4 is 5.97 Å². The predicted octanol–water partition coefficient (Wildman–Crippen LogP) is 1.62. The van der Waals surface area contributed by atoms with Gasteiger partial charge in [-0.05, 0) is 25.7 Å². The Bertz CT molecular complexity index is 307. The molecule has 1 N–H and O–H groups in total. The predicted molar refractivity (Wildman–Crippen MR) is 58.7 cm³/mol. The Morgan fingerprint density at radius 1 is 1.31 bits per heavy atom. The first-order chi connectivity index (χ1) is 7.68. The molecule has 4 heteroatoms. The van der Waals surface area contributed by atoms with Crippen molar-refractivity contribution in [1.82, 2.24) is 4.90 Å². The zero-order valence-electron chi connectivity index (χ0n) is 9.48. The van der Waals surface area contributed by atoms with E-state index in [9.17, 15) is 4.79 Å². The summed E-state index contributed by atoms with van der Waals surface area (Å²) in [6.07, 6.45) is 6.04. The van der Waals surface area contributed by atoms with E-state index in [0.29, 0.717) is 18.9 Å². The minimum Gasteiger partial charge on any atom is -0.480 e. The normalized spacial score (nSPS) is 26.4. The summed E-state index contributed by atoms with van der Waals surface area (Å²) < 4.78 is 0. The lowest BCUT2D eigenvalue weighted by Gasteiger charge is -2.37. The van der Waals surface area contributed by atoms with Gasteiger partial charge in [-0.25, -0.2) is 0 Å². The van der Waals surface area contributed by atoms with Gasteiger partial charge in [-0.15, -0.1) is 0 Å². The van der Waals surface area contributed by atoms with E-state index in [2.05, 4.69) is 4.90 Å². The lowest BCUT2D eigenvalue weighted by molar-refractivity contribution is -0.148. The SMILES string of the molecule is N#CC1(C(=O)O)CCN(C2CCCC2)CC1. The van der Waals surface area contributed by atoms with E-state index in [1.54, 1.807) is 0 Å². The molecule has 2 aliphatic rings. The molecule has 0 atom stereocenters. The second-order valence-electron chi connectivity index (χ2n) is 4.97. The van der Waals surface area contributed by atoms with Crippen LogP contribution in [-0.4, -0.2) is 35.1 Å². The Kier molecular flexibility index (Phi) is 3.15. The van der Waals surface area contributed by atoms with Gasteiger partial charge >= 0.3 is 5.97 Å². The molecular weight excluding hydrogens is 204 g/mol. The summed E-state index contributed by atoms with van der Waals surface area (Å²) in [6.45, 7) is 1.54. The first kappa shape index (κ1) is 11.4. The number of rotatable bonds is 2. The number of likely N-dealkylation sites (tertiary alicyclic amines) is 1. The topological polar surface area (TPSA) is 64.3 Å². The van der Waals surface area contributed by atoms with Gasteiger partial charge in [-0.2, -0.15) is 5.26 Å². The van der Waals surface area contributed by atoms with Gasteiger partial charge in [0.1, 0.15) is 0 Å². The van der Waals surface area contributed by atoms with Crippen LogP contribution in [0.15, 0.2) is 0 Å². The van der Waals surface area contributed by atoms with Gasteiger partial charge in [-0.3, -0.25) is 4.79 Å². The Hall–Kier alpha value is -1.08. The first-order valence-corrected chi connectivity index (χ1v) is 6.07. The van der Waals surface area contributed by atoms with E-state index in [4.69, 9.17) is 10.4 Å². The van der Waals surface area contributed by atoms with Crippen molar-refractivity contribution in [3.05, 3.63) is 0 Å². The summed E-state index contributed by atoms with van der Waals surface area (Å²) >= 11 is 0. The summed E-state index contributed by atoms with van der Waals surface area (Å²) in [4.78, 5) is 13.5. The van der Waals surface area contributed by atoms with Crippen molar-refractivity contribution in [3.8, 4) is 6.07 Å². The fraction of sp³-hybridized carbons (Fsp3) is 0.833. The molecule has 0 radical (unpaired) electrons. The van der Waals surface area contributed by atoms with Gasteiger partial charge in [0.15, 0.2) is 5.41 Å². The van der Waals surface area contributed by atoms with E-state index < -0.39 is 11.4 Å². The van der Waals surface area contributed by atoms with Crippen LogP contribution in [-0.2, 0) is 4.79 Å². The number of hydrogen-bond acceptors (Lipinski definition) is 3. The Balaban J connectivity index is 1.95. The molecule has 2 fully saturated rings. The molecular formula is C12H18N2O2. The fourth-order valence-electron chi connectivity index (χ4n) is 2.91. The molecule has 0 spiro atoms. The van der Waals surface area contributed by atoms with Gasteiger partial charge < -0.3 is 10.0 Å². The molecule has 1 saturated carbocycles. The minimum atomic E-state index is -1.12. The molecule has 1 heterocycles. The maximum atomic E-state index is 11.1. The molecule has 0 unspecified atom stereocenters. The summed E-state index contributed by atoms with van der Waals surface area (Å²) in [6, 6.07) is 2.65. The maximum absolute atomic E-state index is 11.1. The highest BCUT2D eigenvalue weighted by atomic mass is 16.4. The number of hydrogen-bond donors (Lipinski definition) is 1. The van der Waals surface area contributed by atoms with Crippen LogP contribution < -0.4 is 0 Å². The molecule has 1 saturated heterocycles. The third kappa shape index (κ3) is 1.92. The smallest absolute Gasteiger partial charge is 0.324 e. The van der Waals surface area contributed by atoms with Crippen LogP contribution in [0, 0.1) is 16.7 Å². The Morgan fingerprint density at radius 2 is 1.88 bits per heavy atom. The summed E-state index contributed by atoms with van der Waals surface area (Å²) in [5.74, 6) is -0.943. The van der Waals surface area contributed by atoms with Crippen LogP contribution >= 0.6 is 0 Å². The zero-order chi connectivity index (χ0) is 11.6. The highest BCUT2D eigenvalue weighted by Crippen LogP contribution is 2.34. The molecule has 0 aromatic carbocycles. The summed E-state index contributed by atoms with van der Waals surface area (Å²) in [5, 5.41) is 18.1. The molecule has 88 valence electrons. The number of nitrogens with zero attached hydrogens (tertiary/aromatic N) is 2. The lowest BCUT2D eigenvalue weighted by atomic mass is 9.79.